The van der Waals surface area contributed by atoms with E-state index in [0.29, 0.717) is 29.5 Å². The third-order valence-electron chi connectivity index (χ3n) is 3.54. The average molecular weight is 326 g/mol. The quantitative estimate of drug-likeness (QED) is 0.886. The van der Waals surface area contributed by atoms with Crippen LogP contribution in [0.1, 0.15) is 13.3 Å². The molecule has 0 saturated carbocycles. The number of ether oxygens (including phenoxy) is 2. The lowest BCUT2D eigenvalue weighted by atomic mass is 10.1. The molecule has 0 aliphatic carbocycles. The molecule has 24 heavy (non-hydrogen) atoms. The van der Waals surface area contributed by atoms with Gasteiger partial charge >= 0.3 is 0 Å². The monoisotopic (exact) mass is 326 g/mol. The molecule has 0 bridgehead atoms. The van der Waals surface area contributed by atoms with Crippen LogP contribution in [0.25, 0.3) is 0 Å². The van der Waals surface area contributed by atoms with Gasteiger partial charge in [0.05, 0.1) is 24.4 Å². The number of hydrogen-bond donors (Lipinski definition) is 2. The van der Waals surface area contributed by atoms with Crippen molar-refractivity contribution in [1.29, 1.82) is 0 Å². The maximum atomic E-state index is 12.3. The van der Waals surface area contributed by atoms with Gasteiger partial charge in [-0.3, -0.25) is 9.59 Å². The summed E-state index contributed by atoms with van der Waals surface area (Å²) in [6.45, 7) is 2.37. The Labute approximate surface area is 139 Å². The number of hydrogen-bond acceptors (Lipinski definition) is 4. The predicted octanol–water partition coefficient (Wildman–Crippen LogP) is 2.81. The molecule has 1 unspecified atom stereocenters. The molecule has 0 spiro atoms. The van der Waals surface area contributed by atoms with Crippen LogP contribution in [0.5, 0.6) is 11.5 Å². The minimum atomic E-state index is -0.862. The van der Waals surface area contributed by atoms with Gasteiger partial charge in [-0.05, 0) is 31.2 Å². The standard InChI is InChI=1S/C18H18N2O4/c1-2-23-14-9-5-3-7-12(14)19-17(21)11-16-18(22)20-13-8-4-6-10-15(13)24-16/h3-10,16H,2,11H2,1H3,(H,19,21)(H,20,22). The van der Waals surface area contributed by atoms with Crippen LogP contribution >= 0.6 is 0 Å². The molecule has 124 valence electrons. The lowest BCUT2D eigenvalue weighted by Crippen LogP contribution is -2.39. The fourth-order valence-electron chi connectivity index (χ4n) is 2.45. The first kappa shape index (κ1) is 15.9. The first-order valence-electron chi connectivity index (χ1n) is 7.75. The van der Waals surface area contributed by atoms with Crippen LogP contribution in [-0.4, -0.2) is 24.5 Å². The summed E-state index contributed by atoms with van der Waals surface area (Å²) in [5.41, 5.74) is 1.18. The summed E-state index contributed by atoms with van der Waals surface area (Å²) in [5, 5.41) is 5.51. The minimum absolute atomic E-state index is 0.0827. The summed E-state index contributed by atoms with van der Waals surface area (Å²) >= 11 is 0. The highest BCUT2D eigenvalue weighted by Gasteiger charge is 2.29. The molecule has 1 atom stereocenters. The molecule has 3 rings (SSSR count). The van der Waals surface area contributed by atoms with Crippen molar-refractivity contribution in [3.63, 3.8) is 0 Å². The Balaban J connectivity index is 1.66. The Kier molecular flexibility index (Phi) is 4.65. The third-order valence-corrected chi connectivity index (χ3v) is 3.54. The first-order chi connectivity index (χ1) is 11.7. The Morgan fingerprint density at radius 1 is 1.21 bits per heavy atom. The van der Waals surface area contributed by atoms with Crippen LogP contribution in [0.15, 0.2) is 48.5 Å². The molecule has 0 radical (unpaired) electrons. The zero-order chi connectivity index (χ0) is 16.9. The number of amides is 2. The Hall–Kier alpha value is -3.02. The second-order valence-electron chi connectivity index (χ2n) is 5.27. The van der Waals surface area contributed by atoms with E-state index in [2.05, 4.69) is 10.6 Å². The van der Waals surface area contributed by atoms with Crippen molar-refractivity contribution in [2.45, 2.75) is 19.4 Å². The van der Waals surface area contributed by atoms with Gasteiger partial charge in [0.25, 0.3) is 5.91 Å². The van der Waals surface area contributed by atoms with Crippen molar-refractivity contribution in [3.05, 3.63) is 48.5 Å². The van der Waals surface area contributed by atoms with Crippen LogP contribution in [0, 0.1) is 0 Å². The maximum Gasteiger partial charge on any atom is 0.266 e. The molecule has 1 aliphatic rings. The van der Waals surface area contributed by atoms with Crippen LogP contribution in [0.4, 0.5) is 11.4 Å². The van der Waals surface area contributed by atoms with Gasteiger partial charge in [0, 0.05) is 0 Å². The first-order valence-corrected chi connectivity index (χ1v) is 7.75. The number of anilines is 2. The van der Waals surface area contributed by atoms with E-state index in [9.17, 15) is 9.59 Å². The van der Waals surface area contributed by atoms with Crippen molar-refractivity contribution in [2.24, 2.45) is 0 Å². The molecule has 1 aliphatic heterocycles. The van der Waals surface area contributed by atoms with E-state index in [-0.39, 0.29) is 18.2 Å². The molecule has 1 heterocycles. The highest BCUT2D eigenvalue weighted by atomic mass is 16.5. The topological polar surface area (TPSA) is 76.7 Å². The van der Waals surface area contributed by atoms with Gasteiger partial charge in [-0.2, -0.15) is 0 Å². The number of nitrogens with one attached hydrogen (secondary N) is 2. The maximum absolute atomic E-state index is 12.3. The van der Waals surface area contributed by atoms with Gasteiger partial charge in [0.2, 0.25) is 5.91 Å². The van der Waals surface area contributed by atoms with E-state index in [1.807, 2.05) is 19.1 Å². The number of carbonyl (C=O) groups excluding carboxylic acids is 2. The van der Waals surface area contributed by atoms with Crippen molar-refractivity contribution >= 4 is 23.2 Å². The zero-order valence-electron chi connectivity index (χ0n) is 13.2. The van der Waals surface area contributed by atoms with E-state index in [1.54, 1.807) is 36.4 Å². The summed E-state index contributed by atoms with van der Waals surface area (Å²) in [4.78, 5) is 24.3. The average Bonchev–Trinajstić information content (AvgIpc) is 2.57. The summed E-state index contributed by atoms with van der Waals surface area (Å²) < 4.78 is 11.1. The smallest absolute Gasteiger partial charge is 0.266 e. The lowest BCUT2D eigenvalue weighted by molar-refractivity contribution is -0.128. The van der Waals surface area contributed by atoms with Gasteiger partial charge < -0.3 is 20.1 Å². The fourth-order valence-corrected chi connectivity index (χ4v) is 2.45. The highest BCUT2D eigenvalue weighted by molar-refractivity contribution is 6.02. The molecule has 6 nitrogen and oxygen atoms in total. The molecular weight excluding hydrogens is 308 g/mol. The molecule has 0 fully saturated rings. The lowest BCUT2D eigenvalue weighted by Gasteiger charge is -2.25. The van der Waals surface area contributed by atoms with Crippen LogP contribution in [0.2, 0.25) is 0 Å². The van der Waals surface area contributed by atoms with E-state index in [1.165, 1.54) is 0 Å². The Morgan fingerprint density at radius 2 is 1.96 bits per heavy atom. The Morgan fingerprint density at radius 3 is 2.79 bits per heavy atom. The summed E-state index contributed by atoms with van der Waals surface area (Å²) in [6, 6.07) is 14.3. The van der Waals surface area contributed by atoms with E-state index in [0.717, 1.165) is 0 Å². The number of benzene rings is 2. The summed E-state index contributed by atoms with van der Waals surface area (Å²) in [6.07, 6.45) is -0.945. The van der Waals surface area contributed by atoms with Crippen LogP contribution < -0.4 is 20.1 Å². The van der Waals surface area contributed by atoms with E-state index >= 15 is 0 Å². The second kappa shape index (κ2) is 7.04. The fraction of sp³-hybridized carbons (Fsp3) is 0.222. The van der Waals surface area contributed by atoms with Crippen molar-refractivity contribution in [1.82, 2.24) is 0 Å². The van der Waals surface area contributed by atoms with Crippen molar-refractivity contribution in [2.75, 3.05) is 17.2 Å². The van der Waals surface area contributed by atoms with Crippen LogP contribution in [0.3, 0.4) is 0 Å². The molecule has 2 N–H and O–H groups in total. The summed E-state index contributed by atoms with van der Waals surface area (Å²) in [5.74, 6) is 0.501. The largest absolute Gasteiger partial charge is 0.492 e. The molecule has 6 heteroatoms. The van der Waals surface area contributed by atoms with Gasteiger partial charge in [-0.15, -0.1) is 0 Å². The van der Waals surface area contributed by atoms with E-state index in [4.69, 9.17) is 9.47 Å². The highest BCUT2D eigenvalue weighted by Crippen LogP contribution is 2.30. The molecule has 2 aromatic rings. The van der Waals surface area contributed by atoms with Gasteiger partial charge in [-0.1, -0.05) is 24.3 Å². The predicted molar refractivity (Wildman–Crippen MR) is 90.3 cm³/mol. The molecule has 2 amide bonds. The number of carbonyl (C=O) groups is 2. The minimum Gasteiger partial charge on any atom is -0.492 e. The molecule has 0 saturated heterocycles. The van der Waals surface area contributed by atoms with E-state index < -0.39 is 6.10 Å². The van der Waals surface area contributed by atoms with Gasteiger partial charge in [0.15, 0.2) is 6.10 Å². The van der Waals surface area contributed by atoms with Crippen molar-refractivity contribution < 1.29 is 19.1 Å². The molecule has 0 aromatic heterocycles. The zero-order valence-corrected chi connectivity index (χ0v) is 13.2. The third kappa shape index (κ3) is 3.48. The molecular formula is C18H18N2O4. The van der Waals surface area contributed by atoms with Crippen molar-refractivity contribution in [3.8, 4) is 11.5 Å². The SMILES string of the molecule is CCOc1ccccc1NC(=O)CC1Oc2ccccc2NC1=O. The molecule has 2 aromatic carbocycles. The Bertz CT molecular complexity index is 760. The van der Waals surface area contributed by atoms with Gasteiger partial charge in [-0.25, -0.2) is 0 Å². The number of rotatable bonds is 5. The normalized spacial score (nSPS) is 15.7. The van der Waals surface area contributed by atoms with Gasteiger partial charge in [0.1, 0.15) is 11.5 Å². The second-order valence-corrected chi connectivity index (χ2v) is 5.27. The number of para-hydroxylation sites is 4. The summed E-state index contributed by atoms with van der Waals surface area (Å²) in [7, 11) is 0. The van der Waals surface area contributed by atoms with Crippen LogP contribution in [-0.2, 0) is 9.59 Å². The number of fused-ring (bicyclic) bond motifs is 1.